The molecule has 104 valence electrons. The van der Waals surface area contributed by atoms with Crippen molar-refractivity contribution in [1.29, 1.82) is 0 Å². The molecular weight excluding hydrogens is 349 g/mol. The lowest BCUT2D eigenvalue weighted by Crippen LogP contribution is -2.45. The van der Waals surface area contributed by atoms with Crippen LogP contribution in [0.15, 0.2) is 24.3 Å². The summed E-state index contributed by atoms with van der Waals surface area (Å²) < 4.78 is 1.18. The predicted octanol–water partition coefficient (Wildman–Crippen LogP) is 4.69. The summed E-state index contributed by atoms with van der Waals surface area (Å²) >= 11 is 2.26. The van der Waals surface area contributed by atoms with Crippen molar-refractivity contribution in [1.82, 2.24) is 0 Å². The molecule has 1 aliphatic rings. The molecule has 1 fully saturated rings. The number of amides is 1. The van der Waals surface area contributed by atoms with E-state index in [0.29, 0.717) is 17.8 Å². The number of nitrogens with one attached hydrogen (secondary N) is 1. The van der Waals surface area contributed by atoms with Gasteiger partial charge in [0.2, 0.25) is 5.91 Å². The minimum absolute atomic E-state index is 0.147. The molecule has 19 heavy (non-hydrogen) atoms. The number of halogens is 1. The molecular formula is C16H22INO. The fraction of sp³-hybridized carbons (Fsp3) is 0.562. The van der Waals surface area contributed by atoms with Gasteiger partial charge in [0, 0.05) is 15.7 Å². The molecule has 2 rings (SSSR count). The minimum atomic E-state index is 0.147. The van der Waals surface area contributed by atoms with Crippen LogP contribution in [0.5, 0.6) is 0 Å². The summed E-state index contributed by atoms with van der Waals surface area (Å²) in [6, 6.07) is 7.94. The number of carbonyl (C=O) groups is 1. The third kappa shape index (κ3) is 3.30. The Morgan fingerprint density at radius 3 is 2.47 bits per heavy atom. The lowest BCUT2D eigenvalue weighted by atomic mass is 9.53. The van der Waals surface area contributed by atoms with Gasteiger partial charge in [-0.25, -0.2) is 0 Å². The van der Waals surface area contributed by atoms with Gasteiger partial charge in [-0.3, -0.25) is 4.79 Å². The van der Waals surface area contributed by atoms with Crippen molar-refractivity contribution in [2.24, 2.45) is 17.3 Å². The molecule has 0 aromatic heterocycles. The highest BCUT2D eigenvalue weighted by Crippen LogP contribution is 2.54. The fourth-order valence-electron chi connectivity index (χ4n) is 3.13. The Morgan fingerprint density at radius 1 is 1.32 bits per heavy atom. The number of benzene rings is 1. The zero-order valence-electron chi connectivity index (χ0n) is 11.9. The van der Waals surface area contributed by atoms with E-state index in [9.17, 15) is 4.79 Å². The molecule has 0 spiro atoms. The average Bonchev–Trinajstić information content (AvgIpc) is 2.37. The molecule has 1 aliphatic carbocycles. The molecule has 3 heteroatoms. The zero-order chi connectivity index (χ0) is 14.0. The van der Waals surface area contributed by atoms with Crippen LogP contribution in [0.2, 0.25) is 0 Å². The Hall–Kier alpha value is -0.580. The fourth-order valence-corrected chi connectivity index (χ4v) is 3.49. The van der Waals surface area contributed by atoms with Crippen molar-refractivity contribution in [2.45, 2.75) is 40.0 Å². The molecule has 0 radical (unpaired) electrons. The summed E-state index contributed by atoms with van der Waals surface area (Å²) in [5.41, 5.74) is 1.22. The maximum Gasteiger partial charge on any atom is 0.224 e. The van der Waals surface area contributed by atoms with Gasteiger partial charge in [0.25, 0.3) is 0 Å². The van der Waals surface area contributed by atoms with E-state index in [4.69, 9.17) is 0 Å². The Labute approximate surface area is 129 Å². The number of anilines is 1. The molecule has 0 aliphatic heterocycles. The first-order valence-corrected chi connectivity index (χ1v) is 8.06. The lowest BCUT2D eigenvalue weighted by Gasteiger charge is -2.52. The van der Waals surface area contributed by atoms with E-state index in [1.165, 1.54) is 16.4 Å². The van der Waals surface area contributed by atoms with Gasteiger partial charge in [0.15, 0.2) is 0 Å². The number of rotatable bonds is 4. The first kappa shape index (κ1) is 14.8. The quantitative estimate of drug-likeness (QED) is 0.765. The second-order valence-electron chi connectivity index (χ2n) is 6.12. The minimum Gasteiger partial charge on any atom is -0.326 e. The van der Waals surface area contributed by atoms with E-state index in [0.717, 1.165) is 11.6 Å². The van der Waals surface area contributed by atoms with Crippen LogP contribution in [0.1, 0.15) is 40.0 Å². The van der Waals surface area contributed by atoms with Crippen molar-refractivity contribution in [2.75, 3.05) is 5.32 Å². The Morgan fingerprint density at radius 2 is 1.95 bits per heavy atom. The van der Waals surface area contributed by atoms with Crippen LogP contribution in [-0.2, 0) is 4.79 Å². The second kappa shape index (κ2) is 5.81. The number of carbonyl (C=O) groups excluding carboxylic acids is 1. The highest BCUT2D eigenvalue weighted by molar-refractivity contribution is 14.1. The van der Waals surface area contributed by atoms with Crippen LogP contribution in [0.25, 0.3) is 0 Å². The second-order valence-corrected chi connectivity index (χ2v) is 7.36. The third-order valence-corrected chi connectivity index (χ3v) is 5.45. The van der Waals surface area contributed by atoms with Crippen molar-refractivity contribution in [3.63, 3.8) is 0 Å². The SMILES string of the molecule is CCC1CC(CC(=O)Nc2ccc(I)cc2)C1(C)C. The summed E-state index contributed by atoms with van der Waals surface area (Å²) in [5, 5.41) is 3.00. The molecule has 0 bridgehead atoms. The molecule has 2 nitrogen and oxygen atoms in total. The summed E-state index contributed by atoms with van der Waals surface area (Å²) in [6.07, 6.45) is 3.07. The maximum absolute atomic E-state index is 12.1. The van der Waals surface area contributed by atoms with Gasteiger partial charge in [0.05, 0.1) is 0 Å². The van der Waals surface area contributed by atoms with Gasteiger partial charge in [0.1, 0.15) is 0 Å². The van der Waals surface area contributed by atoms with Crippen LogP contribution < -0.4 is 5.32 Å². The van der Waals surface area contributed by atoms with Crippen molar-refractivity contribution < 1.29 is 4.79 Å². The molecule has 1 aromatic carbocycles. The Bertz CT molecular complexity index is 452. The summed E-state index contributed by atoms with van der Waals surface area (Å²) in [4.78, 5) is 12.1. The number of hydrogen-bond acceptors (Lipinski definition) is 1. The molecule has 1 amide bonds. The smallest absolute Gasteiger partial charge is 0.224 e. The molecule has 1 aromatic rings. The van der Waals surface area contributed by atoms with Gasteiger partial charge in [-0.1, -0.05) is 27.2 Å². The largest absolute Gasteiger partial charge is 0.326 e. The summed E-state index contributed by atoms with van der Waals surface area (Å²) in [6.45, 7) is 6.84. The molecule has 0 heterocycles. The van der Waals surface area contributed by atoms with Crippen molar-refractivity contribution in [3.8, 4) is 0 Å². The maximum atomic E-state index is 12.1. The van der Waals surface area contributed by atoms with E-state index in [2.05, 4.69) is 48.7 Å². The molecule has 0 saturated heterocycles. The average molecular weight is 371 g/mol. The Kier molecular flexibility index (Phi) is 4.54. The highest BCUT2D eigenvalue weighted by atomic mass is 127. The van der Waals surface area contributed by atoms with Crippen molar-refractivity contribution >= 4 is 34.2 Å². The zero-order valence-corrected chi connectivity index (χ0v) is 14.0. The van der Waals surface area contributed by atoms with E-state index in [1.807, 2.05) is 24.3 Å². The van der Waals surface area contributed by atoms with Crippen LogP contribution in [0.3, 0.4) is 0 Å². The molecule has 2 unspecified atom stereocenters. The van der Waals surface area contributed by atoms with Gasteiger partial charge in [-0.2, -0.15) is 0 Å². The van der Waals surface area contributed by atoms with Gasteiger partial charge in [-0.15, -0.1) is 0 Å². The highest BCUT2D eigenvalue weighted by Gasteiger charge is 2.47. The Balaban J connectivity index is 1.87. The van der Waals surface area contributed by atoms with E-state index < -0.39 is 0 Å². The monoisotopic (exact) mass is 371 g/mol. The van der Waals surface area contributed by atoms with Crippen LogP contribution >= 0.6 is 22.6 Å². The predicted molar refractivity (Wildman–Crippen MR) is 88.1 cm³/mol. The van der Waals surface area contributed by atoms with Crippen molar-refractivity contribution in [3.05, 3.63) is 27.8 Å². The third-order valence-electron chi connectivity index (χ3n) is 4.73. The summed E-state index contributed by atoms with van der Waals surface area (Å²) in [7, 11) is 0. The normalized spacial score (nSPS) is 24.6. The van der Waals surface area contributed by atoms with E-state index in [1.54, 1.807) is 0 Å². The topological polar surface area (TPSA) is 29.1 Å². The van der Waals surface area contributed by atoms with Gasteiger partial charge < -0.3 is 5.32 Å². The standard InChI is InChI=1S/C16H22INO/c1-4-11-9-12(16(11,2)3)10-15(19)18-14-7-5-13(17)6-8-14/h5-8,11-12H,4,9-10H2,1-3H3,(H,18,19). The van der Waals surface area contributed by atoms with Crippen LogP contribution in [0.4, 0.5) is 5.69 Å². The van der Waals surface area contributed by atoms with Crippen LogP contribution in [-0.4, -0.2) is 5.91 Å². The lowest BCUT2D eigenvalue weighted by molar-refractivity contribution is -0.122. The molecule has 2 atom stereocenters. The summed E-state index contributed by atoms with van der Waals surface area (Å²) in [5.74, 6) is 1.46. The molecule has 1 N–H and O–H groups in total. The van der Waals surface area contributed by atoms with E-state index in [-0.39, 0.29) is 5.91 Å². The molecule has 1 saturated carbocycles. The van der Waals surface area contributed by atoms with Gasteiger partial charge in [-0.05, 0) is 70.5 Å². The number of hydrogen-bond donors (Lipinski definition) is 1. The first-order valence-electron chi connectivity index (χ1n) is 6.99. The van der Waals surface area contributed by atoms with Crippen LogP contribution in [0, 0.1) is 20.8 Å². The van der Waals surface area contributed by atoms with E-state index >= 15 is 0 Å². The first-order chi connectivity index (χ1) is 8.93. The van der Waals surface area contributed by atoms with Gasteiger partial charge >= 0.3 is 0 Å².